The molecule has 1 aliphatic carbocycles. The molecule has 3 unspecified atom stereocenters. The summed E-state index contributed by atoms with van der Waals surface area (Å²) in [6.07, 6.45) is 4.31. The second-order valence-corrected chi connectivity index (χ2v) is 7.46. The molecule has 2 amide bonds. The van der Waals surface area contributed by atoms with E-state index in [0.29, 0.717) is 24.5 Å². The summed E-state index contributed by atoms with van der Waals surface area (Å²) in [6, 6.07) is 7.90. The molecule has 1 heterocycles. The Kier molecular flexibility index (Phi) is 7.74. The van der Waals surface area contributed by atoms with Crippen LogP contribution in [0.3, 0.4) is 0 Å². The van der Waals surface area contributed by atoms with E-state index in [1.165, 1.54) is 0 Å². The summed E-state index contributed by atoms with van der Waals surface area (Å²) in [4.78, 5) is 26.6. The van der Waals surface area contributed by atoms with Crippen molar-refractivity contribution in [2.45, 2.75) is 44.1 Å². The zero-order chi connectivity index (χ0) is 17.8. The van der Waals surface area contributed by atoms with Crippen molar-refractivity contribution in [2.75, 3.05) is 19.6 Å². The molecule has 144 valence electrons. The van der Waals surface area contributed by atoms with Crippen molar-refractivity contribution in [1.29, 1.82) is 0 Å². The molecule has 5 nitrogen and oxygen atoms in total. The molecule has 2 aliphatic rings. The fraction of sp³-hybridized carbons (Fsp3) is 0.579. The van der Waals surface area contributed by atoms with Crippen LogP contribution in [0.4, 0.5) is 0 Å². The maximum atomic E-state index is 13.0. The van der Waals surface area contributed by atoms with Gasteiger partial charge in [-0.3, -0.25) is 9.59 Å². The highest BCUT2D eigenvalue weighted by Gasteiger charge is 2.47. The number of nitrogens with zero attached hydrogens (tertiary/aromatic N) is 1. The number of rotatable bonds is 6. The zero-order valence-corrected chi connectivity index (χ0v) is 16.4. The topological polar surface area (TPSA) is 75.4 Å². The number of amides is 2. The smallest absolute Gasteiger partial charge is 0.226 e. The van der Waals surface area contributed by atoms with Crippen molar-refractivity contribution in [1.82, 2.24) is 10.2 Å². The maximum Gasteiger partial charge on any atom is 0.226 e. The predicted octanol–water partition coefficient (Wildman–Crippen LogP) is 2.71. The van der Waals surface area contributed by atoms with Gasteiger partial charge in [0.2, 0.25) is 11.8 Å². The second-order valence-electron chi connectivity index (χ2n) is 7.03. The summed E-state index contributed by atoms with van der Waals surface area (Å²) < 4.78 is 0. The maximum absolute atomic E-state index is 13.0. The molecule has 1 aromatic carbocycles. The van der Waals surface area contributed by atoms with Gasteiger partial charge in [-0.25, -0.2) is 0 Å². The molecule has 0 radical (unpaired) electrons. The Morgan fingerprint density at radius 3 is 2.85 bits per heavy atom. The van der Waals surface area contributed by atoms with Gasteiger partial charge in [-0.15, -0.1) is 12.4 Å². The predicted molar refractivity (Wildman–Crippen MR) is 106 cm³/mol. The lowest BCUT2D eigenvalue weighted by atomic mass is 10.0. The van der Waals surface area contributed by atoms with Gasteiger partial charge in [-0.1, -0.05) is 23.7 Å². The fourth-order valence-corrected chi connectivity index (χ4v) is 3.94. The van der Waals surface area contributed by atoms with E-state index in [4.69, 9.17) is 17.3 Å². The number of carbonyl (C=O) groups excluding carboxylic acids is 2. The molecule has 1 aliphatic heterocycles. The third kappa shape index (κ3) is 5.12. The zero-order valence-electron chi connectivity index (χ0n) is 14.8. The molecule has 0 spiro atoms. The Bertz CT molecular complexity index is 641. The van der Waals surface area contributed by atoms with E-state index in [1.54, 1.807) is 0 Å². The van der Waals surface area contributed by atoms with E-state index < -0.39 is 0 Å². The minimum Gasteiger partial charge on any atom is -0.354 e. The first-order valence-electron chi connectivity index (χ1n) is 9.13. The van der Waals surface area contributed by atoms with Crippen LogP contribution in [0.25, 0.3) is 0 Å². The van der Waals surface area contributed by atoms with Crippen LogP contribution in [0.5, 0.6) is 0 Å². The van der Waals surface area contributed by atoms with Gasteiger partial charge in [0.15, 0.2) is 0 Å². The van der Waals surface area contributed by atoms with Crippen LogP contribution in [0, 0.1) is 5.92 Å². The number of hydrogen-bond acceptors (Lipinski definition) is 3. The number of nitrogens with one attached hydrogen (secondary N) is 1. The second kappa shape index (κ2) is 9.58. The van der Waals surface area contributed by atoms with E-state index in [0.717, 1.165) is 37.8 Å². The Hall–Kier alpha value is -1.30. The van der Waals surface area contributed by atoms with Gasteiger partial charge in [0.1, 0.15) is 0 Å². The number of piperidine rings is 1. The monoisotopic (exact) mass is 399 g/mol. The summed E-state index contributed by atoms with van der Waals surface area (Å²) >= 11 is 6.07. The van der Waals surface area contributed by atoms with E-state index in [2.05, 4.69) is 5.32 Å². The normalized spacial score (nSPS) is 24.5. The molecular weight excluding hydrogens is 373 g/mol. The minimum absolute atomic E-state index is 0. The van der Waals surface area contributed by atoms with Crippen molar-refractivity contribution in [3.8, 4) is 0 Å². The summed E-state index contributed by atoms with van der Waals surface area (Å²) in [5, 5.41) is 3.63. The minimum atomic E-state index is -0.0382. The van der Waals surface area contributed by atoms with Gasteiger partial charge in [0.05, 0.1) is 0 Å². The number of likely N-dealkylation sites (tertiary alicyclic amines) is 1. The van der Waals surface area contributed by atoms with E-state index in [9.17, 15) is 9.59 Å². The highest BCUT2D eigenvalue weighted by atomic mass is 35.5. The Balaban J connectivity index is 0.00000243. The molecule has 0 bridgehead atoms. The lowest BCUT2D eigenvalue weighted by molar-refractivity contribution is -0.137. The van der Waals surface area contributed by atoms with Gasteiger partial charge in [-0.05, 0) is 49.3 Å². The van der Waals surface area contributed by atoms with Crippen LogP contribution < -0.4 is 11.1 Å². The third-order valence-corrected chi connectivity index (χ3v) is 5.44. The highest BCUT2D eigenvalue weighted by Crippen LogP contribution is 2.49. The first-order chi connectivity index (χ1) is 12.1. The Morgan fingerprint density at radius 1 is 1.31 bits per heavy atom. The standard InChI is InChI=1S/C19H26ClN3O2.ClH/c20-14-5-3-4-13(10-14)16-11-17(16)19(25)23-9-2-1-6-15(23)12-22-18(24)7-8-21;/h3-5,10,15-17H,1-2,6-9,11-12,21H2,(H,22,24);1H. The molecule has 3 rings (SSSR count). The average molecular weight is 400 g/mol. The van der Waals surface area contributed by atoms with Crippen molar-refractivity contribution >= 4 is 35.8 Å². The van der Waals surface area contributed by atoms with E-state index in [1.807, 2.05) is 29.2 Å². The number of halogens is 2. The lowest BCUT2D eigenvalue weighted by Crippen LogP contribution is -2.50. The third-order valence-electron chi connectivity index (χ3n) is 5.20. The summed E-state index contributed by atoms with van der Waals surface area (Å²) in [5.41, 5.74) is 6.56. The largest absolute Gasteiger partial charge is 0.354 e. The highest BCUT2D eigenvalue weighted by molar-refractivity contribution is 6.30. The van der Waals surface area contributed by atoms with Gasteiger partial charge in [0.25, 0.3) is 0 Å². The number of nitrogens with two attached hydrogens (primary N) is 1. The van der Waals surface area contributed by atoms with Crippen molar-refractivity contribution in [2.24, 2.45) is 11.7 Å². The molecule has 3 atom stereocenters. The van der Waals surface area contributed by atoms with Crippen LogP contribution in [-0.4, -0.2) is 42.4 Å². The van der Waals surface area contributed by atoms with Crippen LogP contribution in [0.15, 0.2) is 24.3 Å². The molecule has 3 N–H and O–H groups in total. The first-order valence-corrected chi connectivity index (χ1v) is 9.50. The molecule has 0 aromatic heterocycles. The summed E-state index contributed by atoms with van der Waals surface area (Å²) in [7, 11) is 0. The van der Waals surface area contributed by atoms with Gasteiger partial charge < -0.3 is 16.0 Å². The van der Waals surface area contributed by atoms with Crippen molar-refractivity contribution in [3.63, 3.8) is 0 Å². The lowest BCUT2D eigenvalue weighted by Gasteiger charge is -2.36. The SMILES string of the molecule is Cl.NCCC(=O)NCC1CCCCN1C(=O)C1CC1c1cccc(Cl)c1. The Labute approximate surface area is 166 Å². The molecule has 7 heteroatoms. The first kappa shape index (κ1) is 21.0. The number of hydrogen-bond donors (Lipinski definition) is 2. The van der Waals surface area contributed by atoms with Gasteiger partial charge in [-0.2, -0.15) is 0 Å². The van der Waals surface area contributed by atoms with Gasteiger partial charge in [0, 0.05) is 43.0 Å². The van der Waals surface area contributed by atoms with Gasteiger partial charge >= 0.3 is 0 Å². The fourth-order valence-electron chi connectivity index (χ4n) is 3.74. The molecule has 2 fully saturated rings. The van der Waals surface area contributed by atoms with Crippen LogP contribution in [0.1, 0.15) is 43.6 Å². The van der Waals surface area contributed by atoms with Crippen molar-refractivity contribution < 1.29 is 9.59 Å². The number of benzene rings is 1. The molecule has 1 saturated carbocycles. The van der Waals surface area contributed by atoms with Crippen LogP contribution >= 0.6 is 24.0 Å². The molecule has 26 heavy (non-hydrogen) atoms. The molecule has 1 aromatic rings. The number of carbonyl (C=O) groups is 2. The van der Waals surface area contributed by atoms with Crippen molar-refractivity contribution in [3.05, 3.63) is 34.9 Å². The molecule has 1 saturated heterocycles. The van der Waals surface area contributed by atoms with Crippen LogP contribution in [-0.2, 0) is 9.59 Å². The van der Waals surface area contributed by atoms with Crippen LogP contribution in [0.2, 0.25) is 5.02 Å². The summed E-state index contributed by atoms with van der Waals surface area (Å²) in [5.74, 6) is 0.519. The van der Waals surface area contributed by atoms with E-state index in [-0.39, 0.29) is 42.1 Å². The summed E-state index contributed by atoms with van der Waals surface area (Å²) in [6.45, 7) is 1.66. The average Bonchev–Trinajstić information content (AvgIpc) is 3.41. The Morgan fingerprint density at radius 2 is 2.12 bits per heavy atom. The molecular formula is C19H27Cl2N3O2. The quantitative estimate of drug-likeness (QED) is 0.771. The van der Waals surface area contributed by atoms with E-state index >= 15 is 0 Å².